The molecular weight excluding hydrogens is 362 g/mol. The van der Waals surface area contributed by atoms with Gasteiger partial charge in [0.05, 0.1) is 35.2 Å². The minimum absolute atomic E-state index is 0.201. The molecule has 0 bridgehead atoms. The Morgan fingerprint density at radius 2 is 1.90 bits per heavy atom. The zero-order chi connectivity index (χ0) is 20.0. The summed E-state index contributed by atoms with van der Waals surface area (Å²) in [6, 6.07) is 10.6. The van der Waals surface area contributed by atoms with Gasteiger partial charge in [-0.15, -0.1) is 0 Å². The van der Waals surface area contributed by atoms with Crippen molar-refractivity contribution in [3.8, 4) is 5.82 Å². The van der Waals surface area contributed by atoms with Crippen LogP contribution in [0.2, 0.25) is 0 Å². The van der Waals surface area contributed by atoms with Crippen LogP contribution in [-0.2, 0) is 6.54 Å². The van der Waals surface area contributed by atoms with E-state index in [9.17, 15) is 0 Å². The lowest BCUT2D eigenvalue weighted by atomic mass is 10.2. The van der Waals surface area contributed by atoms with Gasteiger partial charge in [-0.05, 0) is 51.8 Å². The highest BCUT2D eigenvalue weighted by atomic mass is 15.3. The Morgan fingerprint density at radius 1 is 1.07 bits per heavy atom. The number of hydrogen-bond acceptors (Lipinski definition) is 5. The van der Waals surface area contributed by atoms with E-state index in [0.717, 1.165) is 60.3 Å². The maximum Gasteiger partial charge on any atom is 0.174 e. The molecule has 7 heteroatoms. The van der Waals surface area contributed by atoms with Crippen molar-refractivity contribution in [2.24, 2.45) is 0 Å². The zero-order valence-electron chi connectivity index (χ0n) is 17.1. The van der Waals surface area contributed by atoms with Crippen LogP contribution in [0.3, 0.4) is 0 Å². The number of nitrogens with zero attached hydrogens (tertiary/aromatic N) is 7. The highest BCUT2D eigenvalue weighted by molar-refractivity contribution is 5.76. The summed E-state index contributed by atoms with van der Waals surface area (Å²) in [6.45, 7) is 8.06. The van der Waals surface area contributed by atoms with Crippen LogP contribution in [0, 0.1) is 13.8 Å². The van der Waals surface area contributed by atoms with Crippen LogP contribution < -0.4 is 4.90 Å². The second-order valence-corrected chi connectivity index (χ2v) is 7.63. The lowest BCUT2D eigenvalue weighted by molar-refractivity contribution is 0.604. The van der Waals surface area contributed by atoms with E-state index in [1.807, 2.05) is 24.7 Å². The molecule has 1 aliphatic heterocycles. The highest BCUT2D eigenvalue weighted by Gasteiger charge is 2.31. The van der Waals surface area contributed by atoms with E-state index in [2.05, 4.69) is 56.8 Å². The van der Waals surface area contributed by atoms with Crippen molar-refractivity contribution in [3.05, 3.63) is 59.9 Å². The third-order valence-electron chi connectivity index (χ3n) is 5.68. The monoisotopic (exact) mass is 387 g/mol. The van der Waals surface area contributed by atoms with Gasteiger partial charge in [-0.25, -0.2) is 14.6 Å². The number of aromatic nitrogens is 6. The average Bonchev–Trinajstić information content (AvgIpc) is 3.43. The van der Waals surface area contributed by atoms with Gasteiger partial charge in [-0.2, -0.15) is 5.10 Å². The normalized spacial score (nSPS) is 16.8. The van der Waals surface area contributed by atoms with Crippen LogP contribution in [-0.4, -0.2) is 35.8 Å². The number of hydrogen-bond donors (Lipinski definition) is 0. The summed E-state index contributed by atoms with van der Waals surface area (Å²) in [5, 5.41) is 4.56. The molecule has 0 aliphatic carbocycles. The molecule has 4 heterocycles. The van der Waals surface area contributed by atoms with Crippen molar-refractivity contribution in [1.82, 2.24) is 29.3 Å². The SMILES string of the molecule is CCn1c(C2CCCN2c2cncc(-n3nc(C)cc3C)n2)nc2ccccc21. The predicted molar refractivity (Wildman–Crippen MR) is 113 cm³/mol. The van der Waals surface area contributed by atoms with E-state index in [1.54, 1.807) is 6.20 Å². The third-order valence-corrected chi connectivity index (χ3v) is 5.68. The summed E-state index contributed by atoms with van der Waals surface area (Å²) in [7, 11) is 0. The van der Waals surface area contributed by atoms with Gasteiger partial charge in [-0.1, -0.05) is 12.1 Å². The van der Waals surface area contributed by atoms with Gasteiger partial charge in [0.25, 0.3) is 0 Å². The molecule has 1 aromatic carbocycles. The van der Waals surface area contributed by atoms with Crippen molar-refractivity contribution >= 4 is 16.9 Å². The van der Waals surface area contributed by atoms with E-state index in [4.69, 9.17) is 9.97 Å². The van der Waals surface area contributed by atoms with Crippen LogP contribution in [0.5, 0.6) is 0 Å². The molecule has 0 saturated carbocycles. The predicted octanol–water partition coefficient (Wildman–Crippen LogP) is 3.99. The van der Waals surface area contributed by atoms with Crippen molar-refractivity contribution in [2.75, 3.05) is 11.4 Å². The van der Waals surface area contributed by atoms with Crippen LogP contribution >= 0.6 is 0 Å². The summed E-state index contributed by atoms with van der Waals surface area (Å²) in [4.78, 5) is 16.7. The molecule has 5 rings (SSSR count). The first kappa shape index (κ1) is 17.8. The second kappa shape index (κ2) is 6.99. The molecule has 0 amide bonds. The van der Waals surface area contributed by atoms with E-state index in [1.165, 1.54) is 5.52 Å². The molecular formula is C22H25N7. The number of rotatable bonds is 4. The summed E-state index contributed by atoms with van der Waals surface area (Å²) in [6.07, 6.45) is 5.81. The highest BCUT2D eigenvalue weighted by Crippen LogP contribution is 2.36. The average molecular weight is 387 g/mol. The van der Waals surface area contributed by atoms with Crippen LogP contribution in [0.1, 0.15) is 43.0 Å². The molecule has 1 aliphatic rings. The van der Waals surface area contributed by atoms with Gasteiger partial charge < -0.3 is 9.47 Å². The largest absolute Gasteiger partial charge is 0.345 e. The van der Waals surface area contributed by atoms with Crippen LogP contribution in [0.25, 0.3) is 16.9 Å². The van der Waals surface area contributed by atoms with Crippen molar-refractivity contribution in [1.29, 1.82) is 0 Å². The molecule has 7 nitrogen and oxygen atoms in total. The van der Waals surface area contributed by atoms with E-state index in [-0.39, 0.29) is 6.04 Å². The summed E-state index contributed by atoms with van der Waals surface area (Å²) in [5.41, 5.74) is 4.28. The molecule has 0 spiro atoms. The molecule has 0 radical (unpaired) electrons. The number of fused-ring (bicyclic) bond motifs is 1. The third kappa shape index (κ3) is 2.97. The maximum atomic E-state index is 4.99. The maximum absolute atomic E-state index is 4.99. The quantitative estimate of drug-likeness (QED) is 0.530. The molecule has 1 saturated heterocycles. The Balaban J connectivity index is 1.55. The molecule has 1 atom stereocenters. The minimum atomic E-state index is 0.201. The fraction of sp³-hybridized carbons (Fsp3) is 0.364. The standard InChI is InChI=1S/C22H25N7/c1-4-27-18-9-6-5-8-17(18)24-22(27)19-10-7-11-28(19)20-13-23-14-21(25-20)29-16(3)12-15(2)26-29/h5-6,8-9,12-14,19H,4,7,10-11H2,1-3H3. The molecule has 3 aromatic heterocycles. The zero-order valence-corrected chi connectivity index (χ0v) is 17.1. The number of anilines is 1. The molecule has 1 fully saturated rings. The Bertz CT molecular complexity index is 1170. The fourth-order valence-corrected chi connectivity index (χ4v) is 4.44. The van der Waals surface area contributed by atoms with Crippen molar-refractivity contribution in [3.63, 3.8) is 0 Å². The van der Waals surface area contributed by atoms with E-state index in [0.29, 0.717) is 0 Å². The van der Waals surface area contributed by atoms with Crippen LogP contribution in [0.15, 0.2) is 42.7 Å². The van der Waals surface area contributed by atoms with Crippen molar-refractivity contribution < 1.29 is 0 Å². The molecule has 0 N–H and O–H groups in total. The Labute approximate surface area is 170 Å². The summed E-state index contributed by atoms with van der Waals surface area (Å²) in [5.74, 6) is 2.75. The van der Waals surface area contributed by atoms with Gasteiger partial charge in [0.2, 0.25) is 0 Å². The summed E-state index contributed by atoms with van der Waals surface area (Å²) >= 11 is 0. The lowest BCUT2D eigenvalue weighted by Gasteiger charge is -2.26. The van der Waals surface area contributed by atoms with Gasteiger partial charge in [0.1, 0.15) is 11.6 Å². The minimum Gasteiger partial charge on any atom is -0.345 e. The topological polar surface area (TPSA) is 64.7 Å². The molecule has 148 valence electrons. The molecule has 4 aromatic rings. The Hall–Kier alpha value is -3.22. The number of para-hydroxylation sites is 2. The lowest BCUT2D eigenvalue weighted by Crippen LogP contribution is -2.26. The van der Waals surface area contributed by atoms with E-state index < -0.39 is 0 Å². The number of aryl methyl sites for hydroxylation is 3. The van der Waals surface area contributed by atoms with Gasteiger partial charge >= 0.3 is 0 Å². The van der Waals surface area contributed by atoms with E-state index >= 15 is 0 Å². The van der Waals surface area contributed by atoms with Gasteiger partial charge in [0, 0.05) is 18.8 Å². The van der Waals surface area contributed by atoms with Gasteiger partial charge in [0.15, 0.2) is 5.82 Å². The van der Waals surface area contributed by atoms with Crippen molar-refractivity contribution in [2.45, 2.75) is 46.2 Å². The number of imidazole rings is 1. The van der Waals surface area contributed by atoms with Gasteiger partial charge in [-0.3, -0.25) is 4.98 Å². The van der Waals surface area contributed by atoms with Crippen LogP contribution in [0.4, 0.5) is 5.82 Å². The first-order chi connectivity index (χ1) is 14.2. The Kier molecular flexibility index (Phi) is 4.30. The smallest absolute Gasteiger partial charge is 0.174 e. The first-order valence-electron chi connectivity index (χ1n) is 10.2. The second-order valence-electron chi connectivity index (χ2n) is 7.63. The fourth-order valence-electron chi connectivity index (χ4n) is 4.44. The summed E-state index contributed by atoms with van der Waals surface area (Å²) < 4.78 is 4.19. The molecule has 29 heavy (non-hydrogen) atoms. The Morgan fingerprint density at radius 3 is 2.69 bits per heavy atom. The number of benzene rings is 1. The first-order valence-corrected chi connectivity index (χ1v) is 10.2. The molecule has 1 unspecified atom stereocenters.